The first-order chi connectivity index (χ1) is 8.25. The van der Waals surface area contributed by atoms with Gasteiger partial charge in [0.15, 0.2) is 0 Å². The number of thiophene rings is 1. The third kappa shape index (κ3) is 3.32. The zero-order valence-corrected chi connectivity index (χ0v) is 10.4. The third-order valence-corrected chi connectivity index (χ3v) is 3.02. The lowest BCUT2D eigenvalue weighted by Gasteiger charge is -2.10. The van der Waals surface area contributed by atoms with Crippen LogP contribution >= 0.6 is 11.3 Å². The van der Waals surface area contributed by atoms with E-state index in [4.69, 9.17) is 0 Å². The minimum atomic E-state index is -0.0482. The van der Waals surface area contributed by atoms with Gasteiger partial charge >= 0.3 is 0 Å². The van der Waals surface area contributed by atoms with Crippen LogP contribution in [-0.4, -0.2) is 5.91 Å². The smallest absolute Gasteiger partial charge is 0.221 e. The highest BCUT2D eigenvalue weighted by Gasteiger charge is 2.02. The number of rotatable bonds is 4. The number of amides is 1. The van der Waals surface area contributed by atoms with E-state index in [0.29, 0.717) is 6.54 Å². The van der Waals surface area contributed by atoms with Crippen molar-refractivity contribution in [3.8, 4) is 0 Å². The van der Waals surface area contributed by atoms with E-state index >= 15 is 0 Å². The van der Waals surface area contributed by atoms with Gasteiger partial charge in [-0.1, -0.05) is 18.2 Å². The fourth-order valence-electron chi connectivity index (χ4n) is 1.55. The van der Waals surface area contributed by atoms with Crippen LogP contribution in [0, 0.1) is 0 Å². The largest absolute Gasteiger partial charge is 0.380 e. The van der Waals surface area contributed by atoms with Crippen LogP contribution in [-0.2, 0) is 11.3 Å². The Morgan fingerprint density at radius 3 is 2.82 bits per heavy atom. The molecule has 1 aromatic heterocycles. The minimum absolute atomic E-state index is 0.0482. The summed E-state index contributed by atoms with van der Waals surface area (Å²) in [4.78, 5) is 11.1. The average Bonchev–Trinajstić information content (AvgIpc) is 2.80. The Balaban J connectivity index is 2.06. The van der Waals surface area contributed by atoms with Gasteiger partial charge in [-0.2, -0.15) is 11.3 Å². The Morgan fingerprint density at radius 1 is 1.29 bits per heavy atom. The molecule has 0 saturated carbocycles. The van der Waals surface area contributed by atoms with E-state index in [2.05, 4.69) is 16.0 Å². The van der Waals surface area contributed by atoms with Crippen LogP contribution in [0.15, 0.2) is 41.1 Å². The summed E-state index contributed by atoms with van der Waals surface area (Å²) in [5.41, 5.74) is 3.05. The van der Waals surface area contributed by atoms with Crippen molar-refractivity contribution in [1.29, 1.82) is 0 Å². The molecule has 2 rings (SSSR count). The summed E-state index contributed by atoms with van der Waals surface area (Å²) >= 11 is 1.66. The molecule has 0 radical (unpaired) electrons. The van der Waals surface area contributed by atoms with E-state index in [0.717, 1.165) is 16.9 Å². The van der Waals surface area contributed by atoms with Gasteiger partial charge < -0.3 is 10.6 Å². The molecular weight excluding hydrogens is 232 g/mol. The van der Waals surface area contributed by atoms with Crippen molar-refractivity contribution in [2.24, 2.45) is 0 Å². The Labute approximate surface area is 104 Å². The monoisotopic (exact) mass is 246 g/mol. The lowest BCUT2D eigenvalue weighted by Crippen LogP contribution is -2.09. The number of carbonyl (C=O) groups is 1. The van der Waals surface area contributed by atoms with Gasteiger partial charge in [0.05, 0.1) is 0 Å². The van der Waals surface area contributed by atoms with Gasteiger partial charge in [-0.05, 0) is 23.1 Å². The maximum atomic E-state index is 11.1. The minimum Gasteiger partial charge on any atom is -0.380 e. The van der Waals surface area contributed by atoms with Gasteiger partial charge in [0.1, 0.15) is 0 Å². The summed E-state index contributed by atoms with van der Waals surface area (Å²) in [6.45, 7) is 2.22. The van der Waals surface area contributed by atoms with Crippen molar-refractivity contribution in [2.75, 3.05) is 10.6 Å². The van der Waals surface area contributed by atoms with Crippen LogP contribution in [0.2, 0.25) is 0 Å². The maximum absolute atomic E-state index is 11.1. The molecule has 0 fully saturated rings. The number of nitrogens with one attached hydrogen (secondary N) is 2. The lowest BCUT2D eigenvalue weighted by atomic mass is 10.1. The van der Waals surface area contributed by atoms with E-state index in [1.165, 1.54) is 6.92 Å². The molecule has 2 aromatic rings. The molecule has 0 aliphatic rings. The van der Waals surface area contributed by atoms with E-state index in [-0.39, 0.29) is 5.91 Å². The predicted molar refractivity (Wildman–Crippen MR) is 72.4 cm³/mol. The molecule has 17 heavy (non-hydrogen) atoms. The number of para-hydroxylation sites is 1. The first-order valence-electron chi connectivity index (χ1n) is 5.37. The summed E-state index contributed by atoms with van der Waals surface area (Å²) in [7, 11) is 0. The number of anilines is 2. The molecule has 0 bridgehead atoms. The zero-order chi connectivity index (χ0) is 12.1. The molecule has 0 saturated heterocycles. The highest BCUT2D eigenvalue weighted by atomic mass is 32.1. The van der Waals surface area contributed by atoms with E-state index in [1.54, 1.807) is 11.3 Å². The zero-order valence-electron chi connectivity index (χ0n) is 9.57. The van der Waals surface area contributed by atoms with Gasteiger partial charge in [0.25, 0.3) is 0 Å². The van der Waals surface area contributed by atoms with Crippen molar-refractivity contribution >= 4 is 28.6 Å². The molecule has 4 heteroatoms. The van der Waals surface area contributed by atoms with Gasteiger partial charge in [-0.3, -0.25) is 4.79 Å². The van der Waals surface area contributed by atoms with Crippen LogP contribution in [0.25, 0.3) is 0 Å². The maximum Gasteiger partial charge on any atom is 0.221 e. The van der Waals surface area contributed by atoms with Crippen molar-refractivity contribution < 1.29 is 4.79 Å². The fraction of sp³-hybridized carbons (Fsp3) is 0.154. The molecule has 0 unspecified atom stereocenters. The lowest BCUT2D eigenvalue weighted by molar-refractivity contribution is -0.114. The second kappa shape index (κ2) is 5.50. The average molecular weight is 246 g/mol. The summed E-state index contributed by atoms with van der Waals surface area (Å²) in [5, 5.41) is 10.2. The van der Waals surface area contributed by atoms with E-state index < -0.39 is 0 Å². The number of hydrogen-bond donors (Lipinski definition) is 2. The Hall–Kier alpha value is -1.81. The summed E-state index contributed by atoms with van der Waals surface area (Å²) in [6.07, 6.45) is 0. The molecule has 0 aliphatic heterocycles. The molecule has 1 aromatic carbocycles. The van der Waals surface area contributed by atoms with Gasteiger partial charge in [0.2, 0.25) is 5.91 Å². The normalized spacial score (nSPS) is 9.94. The van der Waals surface area contributed by atoms with Crippen LogP contribution in [0.1, 0.15) is 12.5 Å². The van der Waals surface area contributed by atoms with Crippen molar-refractivity contribution in [3.05, 3.63) is 46.7 Å². The summed E-state index contributed by atoms with van der Waals surface area (Å²) < 4.78 is 0. The SMILES string of the molecule is CC(=O)Nc1ccccc1CNc1ccsc1. The Bertz CT molecular complexity index is 494. The van der Waals surface area contributed by atoms with E-state index in [1.807, 2.05) is 35.7 Å². The number of hydrogen-bond acceptors (Lipinski definition) is 3. The summed E-state index contributed by atoms with van der Waals surface area (Å²) in [6, 6.07) is 9.83. The van der Waals surface area contributed by atoms with Crippen molar-refractivity contribution in [1.82, 2.24) is 0 Å². The third-order valence-electron chi connectivity index (χ3n) is 2.33. The molecule has 88 valence electrons. The Morgan fingerprint density at radius 2 is 2.12 bits per heavy atom. The highest BCUT2D eigenvalue weighted by molar-refractivity contribution is 7.08. The molecular formula is C13H14N2OS. The van der Waals surface area contributed by atoms with Crippen LogP contribution in [0.5, 0.6) is 0 Å². The molecule has 0 spiro atoms. The molecule has 3 nitrogen and oxygen atoms in total. The molecule has 0 atom stereocenters. The topological polar surface area (TPSA) is 41.1 Å². The first-order valence-corrected chi connectivity index (χ1v) is 6.31. The molecule has 2 N–H and O–H groups in total. The van der Waals surface area contributed by atoms with Gasteiger partial charge in [-0.25, -0.2) is 0 Å². The van der Waals surface area contributed by atoms with Crippen LogP contribution < -0.4 is 10.6 Å². The quantitative estimate of drug-likeness (QED) is 0.869. The second-order valence-electron chi connectivity index (χ2n) is 3.70. The molecule has 1 heterocycles. The molecule has 1 amide bonds. The molecule has 0 aliphatic carbocycles. The number of carbonyl (C=O) groups excluding carboxylic acids is 1. The fourth-order valence-corrected chi connectivity index (χ4v) is 2.16. The van der Waals surface area contributed by atoms with Crippen LogP contribution in [0.4, 0.5) is 11.4 Å². The van der Waals surface area contributed by atoms with Gasteiger partial charge in [0, 0.05) is 30.2 Å². The second-order valence-corrected chi connectivity index (χ2v) is 4.48. The standard InChI is InChI=1S/C13H14N2OS/c1-10(16)15-13-5-3-2-4-11(13)8-14-12-6-7-17-9-12/h2-7,9,14H,8H2,1H3,(H,15,16). The highest BCUT2D eigenvalue weighted by Crippen LogP contribution is 2.18. The predicted octanol–water partition coefficient (Wildman–Crippen LogP) is 3.32. The van der Waals surface area contributed by atoms with Crippen LogP contribution in [0.3, 0.4) is 0 Å². The summed E-state index contributed by atoms with van der Waals surface area (Å²) in [5.74, 6) is -0.0482. The Kier molecular flexibility index (Phi) is 3.77. The first kappa shape index (κ1) is 11.7. The number of benzene rings is 1. The van der Waals surface area contributed by atoms with Gasteiger partial charge in [-0.15, -0.1) is 0 Å². The van der Waals surface area contributed by atoms with E-state index in [9.17, 15) is 4.79 Å². The van der Waals surface area contributed by atoms with Crippen molar-refractivity contribution in [2.45, 2.75) is 13.5 Å². The van der Waals surface area contributed by atoms with Crippen molar-refractivity contribution in [3.63, 3.8) is 0 Å².